The van der Waals surface area contributed by atoms with Gasteiger partial charge >= 0.3 is 0 Å². The third-order valence-corrected chi connectivity index (χ3v) is 2.60. The molecule has 0 saturated carbocycles. The van der Waals surface area contributed by atoms with Crippen LogP contribution in [0.5, 0.6) is 0 Å². The standard InChI is InChI=1S/C11H21N3O/c1-7(5-8(2)15)12-6-11-9(3)13-14-10(11)4/h7-8,12,15H,5-6H2,1-4H3,(H,13,14). The van der Waals surface area contributed by atoms with Crippen LogP contribution in [0.3, 0.4) is 0 Å². The number of aliphatic hydroxyl groups is 1. The van der Waals surface area contributed by atoms with E-state index in [1.165, 1.54) is 5.56 Å². The fraction of sp³-hybridized carbons (Fsp3) is 0.727. The second-order valence-corrected chi connectivity index (χ2v) is 4.28. The minimum Gasteiger partial charge on any atom is -0.393 e. The maximum Gasteiger partial charge on any atom is 0.0638 e. The van der Waals surface area contributed by atoms with Gasteiger partial charge in [-0.1, -0.05) is 0 Å². The summed E-state index contributed by atoms with van der Waals surface area (Å²) in [6, 6.07) is 0.318. The van der Waals surface area contributed by atoms with Gasteiger partial charge in [-0.25, -0.2) is 0 Å². The van der Waals surface area contributed by atoms with E-state index >= 15 is 0 Å². The first kappa shape index (κ1) is 12.2. The van der Waals surface area contributed by atoms with Crippen molar-refractivity contribution < 1.29 is 5.11 Å². The Morgan fingerprint density at radius 2 is 2.07 bits per heavy atom. The van der Waals surface area contributed by atoms with Gasteiger partial charge in [0.2, 0.25) is 0 Å². The Labute approximate surface area is 91.1 Å². The van der Waals surface area contributed by atoms with Gasteiger partial charge in [0.25, 0.3) is 0 Å². The van der Waals surface area contributed by atoms with Gasteiger partial charge in [0, 0.05) is 23.8 Å². The van der Waals surface area contributed by atoms with Crippen LogP contribution in [0.1, 0.15) is 37.2 Å². The van der Waals surface area contributed by atoms with Crippen LogP contribution in [0, 0.1) is 13.8 Å². The van der Waals surface area contributed by atoms with Gasteiger partial charge in [-0.15, -0.1) is 0 Å². The minimum absolute atomic E-state index is 0.251. The SMILES string of the molecule is Cc1n[nH]c(C)c1CNC(C)CC(C)O. The first-order valence-electron chi connectivity index (χ1n) is 5.42. The van der Waals surface area contributed by atoms with Crippen LogP contribution in [0.2, 0.25) is 0 Å². The fourth-order valence-electron chi connectivity index (χ4n) is 1.71. The number of hydrogen-bond donors (Lipinski definition) is 3. The largest absolute Gasteiger partial charge is 0.393 e. The van der Waals surface area contributed by atoms with Crippen molar-refractivity contribution in [1.29, 1.82) is 0 Å². The van der Waals surface area contributed by atoms with E-state index in [1.807, 2.05) is 20.8 Å². The average molecular weight is 211 g/mol. The van der Waals surface area contributed by atoms with Gasteiger partial charge in [0.15, 0.2) is 0 Å². The van der Waals surface area contributed by atoms with Crippen LogP contribution in [-0.2, 0) is 6.54 Å². The molecule has 2 atom stereocenters. The molecule has 0 aliphatic carbocycles. The highest BCUT2D eigenvalue weighted by atomic mass is 16.3. The van der Waals surface area contributed by atoms with Gasteiger partial charge in [-0.3, -0.25) is 5.10 Å². The molecule has 4 heteroatoms. The van der Waals surface area contributed by atoms with Crippen molar-refractivity contribution in [3.63, 3.8) is 0 Å². The summed E-state index contributed by atoms with van der Waals surface area (Å²) < 4.78 is 0. The molecule has 0 aliphatic rings. The lowest BCUT2D eigenvalue weighted by Gasteiger charge is -2.15. The van der Waals surface area contributed by atoms with Crippen molar-refractivity contribution in [3.8, 4) is 0 Å². The lowest BCUT2D eigenvalue weighted by Crippen LogP contribution is -2.29. The number of rotatable bonds is 5. The average Bonchev–Trinajstić information content (AvgIpc) is 2.42. The van der Waals surface area contributed by atoms with Crippen molar-refractivity contribution in [2.45, 2.75) is 52.8 Å². The lowest BCUT2D eigenvalue weighted by atomic mass is 10.1. The van der Waals surface area contributed by atoms with E-state index in [2.05, 4.69) is 22.4 Å². The predicted octanol–water partition coefficient (Wildman–Crippen LogP) is 1.28. The summed E-state index contributed by atoms with van der Waals surface area (Å²) in [5.41, 5.74) is 3.39. The molecule has 1 aromatic rings. The molecule has 3 N–H and O–H groups in total. The summed E-state index contributed by atoms with van der Waals surface area (Å²) in [7, 11) is 0. The molecule has 86 valence electrons. The van der Waals surface area contributed by atoms with Gasteiger partial charge in [0.1, 0.15) is 0 Å². The zero-order valence-electron chi connectivity index (χ0n) is 9.96. The Morgan fingerprint density at radius 3 is 2.53 bits per heavy atom. The highest BCUT2D eigenvalue weighted by Crippen LogP contribution is 2.09. The molecule has 0 aliphatic heterocycles. The number of aromatic amines is 1. The number of H-pyrrole nitrogens is 1. The monoisotopic (exact) mass is 211 g/mol. The Morgan fingerprint density at radius 1 is 1.40 bits per heavy atom. The van der Waals surface area contributed by atoms with E-state index in [9.17, 15) is 5.11 Å². The molecule has 0 amide bonds. The smallest absolute Gasteiger partial charge is 0.0638 e. The minimum atomic E-state index is -0.251. The van der Waals surface area contributed by atoms with E-state index in [0.717, 1.165) is 24.4 Å². The highest BCUT2D eigenvalue weighted by Gasteiger charge is 2.09. The maximum absolute atomic E-state index is 9.23. The second kappa shape index (κ2) is 5.28. The first-order chi connectivity index (χ1) is 7.00. The molecule has 2 unspecified atom stereocenters. The molecule has 1 heterocycles. The molecular formula is C11H21N3O. The van der Waals surface area contributed by atoms with Crippen LogP contribution in [-0.4, -0.2) is 27.4 Å². The molecule has 0 aromatic carbocycles. The summed E-state index contributed by atoms with van der Waals surface area (Å²) in [5, 5.41) is 19.7. The molecule has 0 radical (unpaired) electrons. The third kappa shape index (κ3) is 3.64. The van der Waals surface area contributed by atoms with Gasteiger partial charge < -0.3 is 10.4 Å². The number of nitrogens with zero attached hydrogens (tertiary/aromatic N) is 1. The molecule has 1 rings (SSSR count). The first-order valence-corrected chi connectivity index (χ1v) is 5.42. The number of hydrogen-bond acceptors (Lipinski definition) is 3. The molecule has 1 aromatic heterocycles. The predicted molar refractivity (Wildman–Crippen MR) is 60.7 cm³/mol. The van der Waals surface area contributed by atoms with Crippen LogP contribution < -0.4 is 5.32 Å². The van der Waals surface area contributed by atoms with Gasteiger partial charge in [-0.05, 0) is 34.1 Å². The fourth-order valence-corrected chi connectivity index (χ4v) is 1.71. The van der Waals surface area contributed by atoms with Crippen LogP contribution >= 0.6 is 0 Å². The lowest BCUT2D eigenvalue weighted by molar-refractivity contribution is 0.170. The summed E-state index contributed by atoms with van der Waals surface area (Å²) in [4.78, 5) is 0. The van der Waals surface area contributed by atoms with Gasteiger partial charge in [-0.2, -0.15) is 5.10 Å². The summed E-state index contributed by atoms with van der Waals surface area (Å²) >= 11 is 0. The molecule has 0 saturated heterocycles. The summed E-state index contributed by atoms with van der Waals surface area (Å²) in [5.74, 6) is 0. The number of aryl methyl sites for hydroxylation is 2. The summed E-state index contributed by atoms with van der Waals surface area (Å²) in [6.45, 7) is 8.72. The molecule has 0 spiro atoms. The topological polar surface area (TPSA) is 60.9 Å². The number of aliphatic hydroxyl groups excluding tert-OH is 1. The van der Waals surface area contributed by atoms with Crippen molar-refractivity contribution in [1.82, 2.24) is 15.5 Å². The molecule has 15 heavy (non-hydrogen) atoms. The Kier molecular flexibility index (Phi) is 4.29. The Bertz CT molecular complexity index is 287. The van der Waals surface area contributed by atoms with Crippen LogP contribution in [0.4, 0.5) is 0 Å². The normalized spacial score (nSPS) is 15.3. The second-order valence-electron chi connectivity index (χ2n) is 4.28. The van der Waals surface area contributed by atoms with E-state index in [4.69, 9.17) is 0 Å². The molecule has 4 nitrogen and oxygen atoms in total. The number of aromatic nitrogens is 2. The van der Waals surface area contributed by atoms with Crippen molar-refractivity contribution in [3.05, 3.63) is 17.0 Å². The quantitative estimate of drug-likeness (QED) is 0.687. The maximum atomic E-state index is 9.23. The zero-order chi connectivity index (χ0) is 11.4. The van der Waals surface area contributed by atoms with Crippen LogP contribution in [0.15, 0.2) is 0 Å². The highest BCUT2D eigenvalue weighted by molar-refractivity contribution is 5.22. The Balaban J connectivity index is 2.43. The van der Waals surface area contributed by atoms with Crippen molar-refractivity contribution >= 4 is 0 Å². The van der Waals surface area contributed by atoms with Gasteiger partial charge in [0.05, 0.1) is 11.8 Å². The van der Waals surface area contributed by atoms with Crippen molar-refractivity contribution in [2.24, 2.45) is 0 Å². The van der Waals surface area contributed by atoms with Crippen molar-refractivity contribution in [2.75, 3.05) is 0 Å². The van der Waals surface area contributed by atoms with E-state index in [1.54, 1.807) is 0 Å². The molecular weight excluding hydrogens is 190 g/mol. The zero-order valence-corrected chi connectivity index (χ0v) is 9.96. The molecule has 0 fully saturated rings. The van der Waals surface area contributed by atoms with E-state index in [0.29, 0.717) is 6.04 Å². The van der Waals surface area contributed by atoms with Crippen LogP contribution in [0.25, 0.3) is 0 Å². The number of nitrogens with one attached hydrogen (secondary N) is 2. The third-order valence-electron chi connectivity index (χ3n) is 2.60. The summed E-state index contributed by atoms with van der Waals surface area (Å²) in [6.07, 6.45) is 0.523. The Hall–Kier alpha value is -0.870. The molecule has 0 bridgehead atoms. The van der Waals surface area contributed by atoms with E-state index < -0.39 is 0 Å². The van der Waals surface area contributed by atoms with E-state index in [-0.39, 0.29) is 6.10 Å².